The second-order valence-corrected chi connectivity index (χ2v) is 8.27. The lowest BCUT2D eigenvalue weighted by Gasteiger charge is -2.24. The molecule has 3 atom stereocenters. The van der Waals surface area contributed by atoms with Crippen LogP contribution in [0.25, 0.3) is 0 Å². The van der Waals surface area contributed by atoms with Gasteiger partial charge in [-0.1, -0.05) is 23.2 Å². The van der Waals surface area contributed by atoms with E-state index in [2.05, 4.69) is 5.32 Å². The normalized spacial score (nSPS) is 30.6. The van der Waals surface area contributed by atoms with Crippen molar-refractivity contribution in [3.05, 3.63) is 28.2 Å². The van der Waals surface area contributed by atoms with E-state index in [-0.39, 0.29) is 10.9 Å². The first-order valence-corrected chi connectivity index (χ1v) is 8.78. The van der Waals surface area contributed by atoms with E-state index in [0.29, 0.717) is 28.4 Å². The molecule has 2 aliphatic rings. The summed E-state index contributed by atoms with van der Waals surface area (Å²) in [5, 5.41) is 4.00. The Kier molecular flexibility index (Phi) is 3.75. The summed E-state index contributed by atoms with van der Waals surface area (Å²) in [6, 6.07) is 4.45. The molecule has 1 N–H and O–H groups in total. The maximum Gasteiger partial charge on any atom is 0.243 e. The van der Waals surface area contributed by atoms with Gasteiger partial charge in [-0.15, -0.1) is 0 Å². The van der Waals surface area contributed by atoms with Crippen molar-refractivity contribution < 1.29 is 8.42 Å². The molecule has 0 spiro atoms. The second kappa shape index (κ2) is 5.14. The Hall–Kier alpha value is -0.330. The molecule has 110 valence electrons. The van der Waals surface area contributed by atoms with Crippen LogP contribution in [0.5, 0.6) is 0 Å². The van der Waals surface area contributed by atoms with Crippen molar-refractivity contribution in [1.29, 1.82) is 0 Å². The van der Waals surface area contributed by atoms with E-state index >= 15 is 0 Å². The summed E-state index contributed by atoms with van der Waals surface area (Å²) in [4.78, 5) is 0.176. The first-order chi connectivity index (χ1) is 9.39. The van der Waals surface area contributed by atoms with E-state index in [1.165, 1.54) is 18.2 Å². The third kappa shape index (κ3) is 2.35. The second-order valence-electron chi connectivity index (χ2n) is 5.50. The highest BCUT2D eigenvalue weighted by Crippen LogP contribution is 2.36. The minimum Gasteiger partial charge on any atom is -0.316 e. The first-order valence-electron chi connectivity index (χ1n) is 6.58. The lowest BCUT2D eigenvalue weighted by atomic mass is 9.95. The standard InChI is InChI=1S/C13H16Cl2N2O2S/c1-8-13-6-16-5-9(13)7-17(8)20(18,19)12-3-10(14)2-11(15)4-12/h2-4,8-9,13,16H,5-7H2,1H3. The van der Waals surface area contributed by atoms with Gasteiger partial charge in [-0.2, -0.15) is 4.31 Å². The Bertz CT molecular complexity index is 615. The zero-order chi connectivity index (χ0) is 14.5. The Labute approximate surface area is 129 Å². The Morgan fingerprint density at radius 1 is 1.20 bits per heavy atom. The number of fused-ring (bicyclic) bond motifs is 1. The summed E-state index contributed by atoms with van der Waals surface area (Å²) in [6.45, 7) is 4.30. The third-order valence-corrected chi connectivity index (χ3v) is 6.69. The van der Waals surface area contributed by atoms with Crippen LogP contribution in [-0.4, -0.2) is 38.4 Å². The number of hydrogen-bond acceptors (Lipinski definition) is 3. The summed E-state index contributed by atoms with van der Waals surface area (Å²) >= 11 is 11.8. The number of halogens is 2. The monoisotopic (exact) mass is 334 g/mol. The molecule has 1 aromatic carbocycles. The number of benzene rings is 1. The summed E-state index contributed by atoms with van der Waals surface area (Å²) in [5.74, 6) is 0.786. The number of hydrogen-bond donors (Lipinski definition) is 1. The number of rotatable bonds is 2. The fourth-order valence-electron chi connectivity index (χ4n) is 3.26. The fraction of sp³-hybridized carbons (Fsp3) is 0.538. The summed E-state index contributed by atoms with van der Waals surface area (Å²) < 4.78 is 27.1. The average Bonchev–Trinajstić information content (AvgIpc) is 2.92. The van der Waals surface area contributed by atoms with Crippen molar-refractivity contribution >= 4 is 33.2 Å². The summed E-state index contributed by atoms with van der Waals surface area (Å²) in [5.41, 5.74) is 0. The number of sulfonamides is 1. The van der Waals surface area contributed by atoms with Crippen LogP contribution in [-0.2, 0) is 10.0 Å². The van der Waals surface area contributed by atoms with Crippen LogP contribution in [0.4, 0.5) is 0 Å². The predicted molar refractivity (Wildman–Crippen MR) is 79.7 cm³/mol. The van der Waals surface area contributed by atoms with E-state index in [9.17, 15) is 8.42 Å². The van der Waals surface area contributed by atoms with Crippen molar-refractivity contribution in [2.45, 2.75) is 17.9 Å². The smallest absolute Gasteiger partial charge is 0.243 e. The average molecular weight is 335 g/mol. The zero-order valence-electron chi connectivity index (χ0n) is 11.0. The van der Waals surface area contributed by atoms with E-state index < -0.39 is 10.0 Å². The molecule has 0 bridgehead atoms. The highest BCUT2D eigenvalue weighted by molar-refractivity contribution is 7.89. The topological polar surface area (TPSA) is 49.4 Å². The lowest BCUT2D eigenvalue weighted by Crippen LogP contribution is -2.38. The molecule has 2 aliphatic heterocycles. The summed E-state index contributed by atoms with van der Waals surface area (Å²) in [6.07, 6.45) is 0. The molecule has 0 saturated carbocycles. The molecule has 0 radical (unpaired) electrons. The van der Waals surface area contributed by atoms with Crippen LogP contribution in [0.2, 0.25) is 10.0 Å². The van der Waals surface area contributed by atoms with Crippen molar-refractivity contribution in [2.75, 3.05) is 19.6 Å². The van der Waals surface area contributed by atoms with Gasteiger partial charge in [-0.3, -0.25) is 0 Å². The highest BCUT2D eigenvalue weighted by Gasteiger charge is 2.46. The maximum atomic E-state index is 12.8. The van der Waals surface area contributed by atoms with Gasteiger partial charge >= 0.3 is 0 Å². The predicted octanol–water partition coefficient (Wildman–Crippen LogP) is 2.22. The van der Waals surface area contributed by atoms with Crippen molar-refractivity contribution in [3.8, 4) is 0 Å². The Morgan fingerprint density at radius 2 is 1.85 bits per heavy atom. The van der Waals surface area contributed by atoms with Crippen LogP contribution >= 0.6 is 23.2 Å². The minimum absolute atomic E-state index is 0.00208. The van der Waals surface area contributed by atoms with Gasteiger partial charge in [-0.25, -0.2) is 8.42 Å². The Morgan fingerprint density at radius 3 is 2.45 bits per heavy atom. The molecule has 2 fully saturated rings. The van der Waals surface area contributed by atoms with Gasteiger partial charge in [0.15, 0.2) is 0 Å². The third-order valence-electron chi connectivity index (χ3n) is 4.32. The molecule has 3 unspecified atom stereocenters. The fourth-order valence-corrected chi connectivity index (χ4v) is 5.72. The molecule has 0 amide bonds. The van der Waals surface area contributed by atoms with Gasteiger partial charge in [-0.05, 0) is 50.0 Å². The summed E-state index contributed by atoms with van der Waals surface area (Å²) in [7, 11) is -3.54. The van der Waals surface area contributed by atoms with Crippen molar-refractivity contribution in [3.63, 3.8) is 0 Å². The van der Waals surface area contributed by atoms with Crippen molar-refractivity contribution in [2.24, 2.45) is 11.8 Å². The van der Waals surface area contributed by atoms with E-state index in [4.69, 9.17) is 23.2 Å². The molecule has 3 rings (SSSR count). The molecule has 2 heterocycles. The minimum atomic E-state index is -3.54. The van der Waals surface area contributed by atoms with Gasteiger partial charge in [0.1, 0.15) is 0 Å². The molecule has 4 nitrogen and oxygen atoms in total. The van der Waals surface area contributed by atoms with Gasteiger partial charge < -0.3 is 5.32 Å². The molecule has 2 saturated heterocycles. The molecule has 20 heavy (non-hydrogen) atoms. The van der Waals surface area contributed by atoms with Gasteiger partial charge in [0.05, 0.1) is 4.90 Å². The van der Waals surface area contributed by atoms with Gasteiger partial charge in [0.2, 0.25) is 10.0 Å². The molecule has 0 aromatic heterocycles. The van der Waals surface area contributed by atoms with E-state index in [0.717, 1.165) is 13.1 Å². The molecule has 7 heteroatoms. The highest BCUT2D eigenvalue weighted by atomic mass is 35.5. The first kappa shape index (κ1) is 14.6. The molecular formula is C13H16Cl2N2O2S. The van der Waals surface area contributed by atoms with Crippen LogP contribution < -0.4 is 5.32 Å². The Balaban J connectivity index is 1.96. The quantitative estimate of drug-likeness (QED) is 0.902. The molecule has 0 aliphatic carbocycles. The lowest BCUT2D eigenvalue weighted by molar-refractivity contribution is 0.360. The van der Waals surface area contributed by atoms with Crippen LogP contribution in [0.1, 0.15) is 6.92 Å². The van der Waals surface area contributed by atoms with Crippen LogP contribution in [0.15, 0.2) is 23.1 Å². The van der Waals surface area contributed by atoms with Crippen LogP contribution in [0.3, 0.4) is 0 Å². The number of nitrogens with zero attached hydrogens (tertiary/aromatic N) is 1. The largest absolute Gasteiger partial charge is 0.316 e. The molecular weight excluding hydrogens is 319 g/mol. The van der Waals surface area contributed by atoms with Gasteiger partial charge in [0.25, 0.3) is 0 Å². The zero-order valence-corrected chi connectivity index (χ0v) is 13.3. The number of nitrogens with one attached hydrogen (secondary N) is 1. The van der Waals surface area contributed by atoms with E-state index in [1.807, 2.05) is 6.92 Å². The van der Waals surface area contributed by atoms with Crippen molar-refractivity contribution in [1.82, 2.24) is 9.62 Å². The van der Waals surface area contributed by atoms with Crippen LogP contribution in [0, 0.1) is 11.8 Å². The van der Waals surface area contributed by atoms with Gasteiger partial charge in [0, 0.05) is 22.6 Å². The van der Waals surface area contributed by atoms with E-state index in [1.54, 1.807) is 4.31 Å². The molecule has 1 aromatic rings. The SMILES string of the molecule is CC1C2CNCC2CN1S(=O)(=O)c1cc(Cl)cc(Cl)c1. The maximum absolute atomic E-state index is 12.8.